The van der Waals surface area contributed by atoms with Gasteiger partial charge in [-0.05, 0) is 37.4 Å². The quantitative estimate of drug-likeness (QED) is 0.874. The number of carbonyl (C=O) groups is 1. The molecule has 0 N–H and O–H groups in total. The summed E-state index contributed by atoms with van der Waals surface area (Å²) in [5.41, 5.74) is 0.425. The Morgan fingerprint density at radius 3 is 3.14 bits per heavy atom. The van der Waals surface area contributed by atoms with Crippen molar-refractivity contribution in [2.75, 3.05) is 13.1 Å². The summed E-state index contributed by atoms with van der Waals surface area (Å²) in [6, 6.07) is 1.61. The zero-order valence-electron chi connectivity index (χ0n) is 11.8. The van der Waals surface area contributed by atoms with Gasteiger partial charge in [-0.3, -0.25) is 4.79 Å². The molecular weight excluding hydrogens is 292 g/mol. The Hall–Kier alpha value is -1.82. The van der Waals surface area contributed by atoms with Gasteiger partial charge in [0.15, 0.2) is 0 Å². The van der Waals surface area contributed by atoms with E-state index < -0.39 is 0 Å². The molecule has 1 fully saturated rings. The molecule has 1 amide bonds. The van der Waals surface area contributed by atoms with Crippen LogP contribution in [0.5, 0.6) is 0 Å². The van der Waals surface area contributed by atoms with Crippen molar-refractivity contribution >= 4 is 17.5 Å². The Morgan fingerprint density at radius 1 is 1.57 bits per heavy atom. The van der Waals surface area contributed by atoms with E-state index in [0.29, 0.717) is 12.1 Å². The number of halogens is 1. The molecule has 0 aliphatic carbocycles. The zero-order valence-corrected chi connectivity index (χ0v) is 12.6. The number of nitrogens with zero attached hydrogens (tertiary/aromatic N) is 4. The van der Waals surface area contributed by atoms with Gasteiger partial charge >= 0.3 is 0 Å². The fraction of sp³-hybridized carbons (Fsp3) is 0.500. The van der Waals surface area contributed by atoms with E-state index in [0.717, 1.165) is 31.8 Å². The van der Waals surface area contributed by atoms with E-state index in [1.807, 2.05) is 9.47 Å². The Morgan fingerprint density at radius 2 is 2.43 bits per heavy atom. The first-order valence-corrected chi connectivity index (χ1v) is 7.48. The molecule has 0 saturated carbocycles. The number of aryl methyl sites for hydroxylation is 1. The number of hydrogen-bond acceptors (Lipinski definition) is 4. The molecule has 3 heterocycles. The monoisotopic (exact) mass is 308 g/mol. The average molecular weight is 309 g/mol. The maximum atomic E-state index is 12.5. The Balaban J connectivity index is 1.77. The largest absolute Gasteiger partial charge is 0.452 e. The summed E-state index contributed by atoms with van der Waals surface area (Å²) in [6.45, 7) is 4.26. The maximum absolute atomic E-state index is 12.5. The summed E-state index contributed by atoms with van der Waals surface area (Å²) in [7, 11) is 0. The third kappa shape index (κ3) is 2.68. The lowest BCUT2D eigenvalue weighted by atomic mass is 9.96. The minimum absolute atomic E-state index is 0.0824. The Bertz CT molecular complexity index is 636. The molecule has 21 heavy (non-hydrogen) atoms. The van der Waals surface area contributed by atoms with Crippen molar-refractivity contribution < 1.29 is 9.21 Å². The van der Waals surface area contributed by atoms with Crippen LogP contribution in [0.4, 0.5) is 0 Å². The lowest BCUT2D eigenvalue weighted by Gasteiger charge is -2.32. The third-order valence-electron chi connectivity index (χ3n) is 3.91. The van der Waals surface area contributed by atoms with Gasteiger partial charge in [-0.25, -0.2) is 0 Å². The van der Waals surface area contributed by atoms with E-state index in [9.17, 15) is 4.79 Å². The van der Waals surface area contributed by atoms with Crippen LogP contribution in [-0.2, 0) is 6.54 Å². The van der Waals surface area contributed by atoms with Gasteiger partial charge < -0.3 is 13.9 Å². The van der Waals surface area contributed by atoms with Crippen molar-refractivity contribution in [2.45, 2.75) is 32.2 Å². The van der Waals surface area contributed by atoms with E-state index in [2.05, 4.69) is 17.1 Å². The van der Waals surface area contributed by atoms with Crippen molar-refractivity contribution in [3.05, 3.63) is 35.3 Å². The fourth-order valence-corrected chi connectivity index (χ4v) is 3.01. The van der Waals surface area contributed by atoms with Crippen molar-refractivity contribution in [1.82, 2.24) is 19.7 Å². The molecular formula is C14H17ClN4O2. The summed E-state index contributed by atoms with van der Waals surface area (Å²) in [4.78, 5) is 14.3. The van der Waals surface area contributed by atoms with Crippen molar-refractivity contribution in [2.24, 2.45) is 0 Å². The number of rotatable bonds is 3. The third-order valence-corrected chi connectivity index (χ3v) is 4.20. The van der Waals surface area contributed by atoms with Crippen LogP contribution in [0.3, 0.4) is 0 Å². The molecule has 6 nitrogen and oxygen atoms in total. The van der Waals surface area contributed by atoms with Gasteiger partial charge in [0.1, 0.15) is 12.2 Å². The second kappa shape index (κ2) is 5.89. The highest BCUT2D eigenvalue weighted by Gasteiger charge is 2.29. The van der Waals surface area contributed by atoms with Crippen LogP contribution in [0, 0.1) is 0 Å². The van der Waals surface area contributed by atoms with Gasteiger partial charge in [-0.1, -0.05) is 0 Å². The second-order valence-corrected chi connectivity index (χ2v) is 5.52. The topological polar surface area (TPSA) is 64.2 Å². The normalized spacial score (nSPS) is 19.0. The SMILES string of the molecule is CCn1cnnc1C1CCCN(C(=O)c2ccoc2Cl)C1. The maximum Gasteiger partial charge on any atom is 0.258 e. The molecule has 1 aliphatic rings. The molecule has 112 valence electrons. The van der Waals surface area contributed by atoms with Crippen LogP contribution in [0.25, 0.3) is 0 Å². The molecule has 0 spiro atoms. The minimum atomic E-state index is -0.0824. The number of amides is 1. The lowest BCUT2D eigenvalue weighted by Crippen LogP contribution is -2.39. The first-order chi connectivity index (χ1) is 10.2. The molecule has 1 atom stereocenters. The highest BCUT2D eigenvalue weighted by molar-refractivity contribution is 6.32. The van der Waals surface area contributed by atoms with E-state index in [1.54, 1.807) is 12.4 Å². The predicted octanol–water partition coefficient (Wildman–Crippen LogP) is 2.56. The average Bonchev–Trinajstić information content (AvgIpc) is 3.15. The van der Waals surface area contributed by atoms with Crippen LogP contribution in [0.15, 0.2) is 23.1 Å². The number of hydrogen-bond donors (Lipinski definition) is 0. The highest BCUT2D eigenvalue weighted by atomic mass is 35.5. The van der Waals surface area contributed by atoms with Crippen LogP contribution in [0.2, 0.25) is 5.22 Å². The highest BCUT2D eigenvalue weighted by Crippen LogP contribution is 2.28. The van der Waals surface area contributed by atoms with Crippen LogP contribution >= 0.6 is 11.6 Å². The van der Waals surface area contributed by atoms with Gasteiger partial charge in [-0.15, -0.1) is 10.2 Å². The van der Waals surface area contributed by atoms with E-state index in [1.165, 1.54) is 6.26 Å². The summed E-state index contributed by atoms with van der Waals surface area (Å²) in [5, 5.41) is 8.34. The van der Waals surface area contributed by atoms with E-state index in [4.69, 9.17) is 16.0 Å². The number of aromatic nitrogens is 3. The van der Waals surface area contributed by atoms with Crippen molar-refractivity contribution in [3.8, 4) is 0 Å². The number of carbonyl (C=O) groups excluding carboxylic acids is 1. The first kappa shape index (κ1) is 14.1. The van der Waals surface area contributed by atoms with Gasteiger partial charge in [0, 0.05) is 25.6 Å². The molecule has 1 unspecified atom stereocenters. The van der Waals surface area contributed by atoms with E-state index >= 15 is 0 Å². The van der Waals surface area contributed by atoms with Gasteiger partial charge in [0.2, 0.25) is 5.22 Å². The summed E-state index contributed by atoms with van der Waals surface area (Å²) < 4.78 is 7.03. The molecule has 2 aromatic rings. The van der Waals surface area contributed by atoms with Gasteiger partial charge in [0.25, 0.3) is 5.91 Å². The Kier molecular flexibility index (Phi) is 3.96. The zero-order chi connectivity index (χ0) is 14.8. The summed E-state index contributed by atoms with van der Waals surface area (Å²) >= 11 is 5.90. The summed E-state index contributed by atoms with van der Waals surface area (Å²) in [5.74, 6) is 1.09. The Labute approximate surface area is 127 Å². The van der Waals surface area contributed by atoms with Gasteiger partial charge in [-0.2, -0.15) is 0 Å². The fourth-order valence-electron chi connectivity index (χ4n) is 2.81. The predicted molar refractivity (Wildman–Crippen MR) is 77.3 cm³/mol. The van der Waals surface area contributed by atoms with Crippen LogP contribution in [0.1, 0.15) is 41.9 Å². The number of piperidine rings is 1. The molecule has 0 aromatic carbocycles. The van der Waals surface area contributed by atoms with Crippen molar-refractivity contribution in [1.29, 1.82) is 0 Å². The molecule has 2 aromatic heterocycles. The standard InChI is InChI=1S/C14H17ClN4O2/c1-2-18-9-16-17-13(18)10-4-3-6-19(8-10)14(20)11-5-7-21-12(11)15/h5,7,9-10H,2-4,6,8H2,1H3. The minimum Gasteiger partial charge on any atom is -0.452 e. The van der Waals surface area contributed by atoms with Crippen LogP contribution < -0.4 is 0 Å². The van der Waals surface area contributed by atoms with Gasteiger partial charge in [0.05, 0.1) is 11.8 Å². The lowest BCUT2D eigenvalue weighted by molar-refractivity contribution is 0.0702. The molecule has 3 rings (SSSR count). The molecule has 1 saturated heterocycles. The molecule has 0 radical (unpaired) electrons. The summed E-state index contributed by atoms with van der Waals surface area (Å²) in [6.07, 6.45) is 5.14. The molecule has 0 bridgehead atoms. The smallest absolute Gasteiger partial charge is 0.258 e. The van der Waals surface area contributed by atoms with Crippen LogP contribution in [-0.4, -0.2) is 38.7 Å². The molecule has 1 aliphatic heterocycles. The molecule has 7 heteroatoms. The second-order valence-electron chi connectivity index (χ2n) is 5.17. The number of likely N-dealkylation sites (tertiary alicyclic amines) is 1. The first-order valence-electron chi connectivity index (χ1n) is 7.10. The number of furan rings is 1. The van der Waals surface area contributed by atoms with E-state index in [-0.39, 0.29) is 17.0 Å². The van der Waals surface area contributed by atoms with Crippen molar-refractivity contribution in [3.63, 3.8) is 0 Å².